The SMILES string of the molecule is CNC1CCN(C(=O)c2cccc(COc3cccc(F)c3)c2)CC1.Cl. The van der Waals surface area contributed by atoms with E-state index < -0.39 is 0 Å². The van der Waals surface area contributed by atoms with Crippen molar-refractivity contribution in [2.45, 2.75) is 25.5 Å². The number of carbonyl (C=O) groups excluding carboxylic acids is 1. The molecule has 2 aromatic carbocycles. The zero-order valence-electron chi connectivity index (χ0n) is 14.8. The molecule has 0 bridgehead atoms. The lowest BCUT2D eigenvalue weighted by atomic mass is 10.0. The van der Waals surface area contributed by atoms with Gasteiger partial charge in [-0.2, -0.15) is 0 Å². The summed E-state index contributed by atoms with van der Waals surface area (Å²) in [5, 5.41) is 3.27. The molecule has 0 aliphatic carbocycles. The van der Waals surface area contributed by atoms with Gasteiger partial charge in [0, 0.05) is 30.8 Å². The lowest BCUT2D eigenvalue weighted by molar-refractivity contribution is 0.0707. The van der Waals surface area contributed by atoms with Gasteiger partial charge in [0.1, 0.15) is 18.2 Å². The quantitative estimate of drug-likeness (QED) is 0.863. The first-order valence-corrected chi connectivity index (χ1v) is 8.59. The molecule has 6 heteroatoms. The zero-order valence-corrected chi connectivity index (χ0v) is 15.6. The smallest absolute Gasteiger partial charge is 0.253 e. The minimum absolute atomic E-state index is 0. The summed E-state index contributed by atoms with van der Waals surface area (Å²) in [6.45, 7) is 1.84. The van der Waals surface area contributed by atoms with E-state index in [1.807, 2.05) is 36.2 Å². The van der Waals surface area contributed by atoms with Crippen LogP contribution in [0.1, 0.15) is 28.8 Å². The highest BCUT2D eigenvalue weighted by molar-refractivity contribution is 5.94. The third-order valence-corrected chi connectivity index (χ3v) is 4.57. The lowest BCUT2D eigenvalue weighted by Crippen LogP contribution is -2.43. The Balaban J connectivity index is 0.00000243. The largest absolute Gasteiger partial charge is 0.489 e. The fraction of sp³-hybridized carbons (Fsp3) is 0.350. The minimum Gasteiger partial charge on any atom is -0.489 e. The summed E-state index contributed by atoms with van der Waals surface area (Å²) in [6.07, 6.45) is 1.95. The van der Waals surface area contributed by atoms with Crippen LogP contribution in [-0.2, 0) is 6.61 Å². The Bertz CT molecular complexity index is 733. The summed E-state index contributed by atoms with van der Waals surface area (Å²) in [5.41, 5.74) is 1.56. The Morgan fingerprint density at radius 2 is 1.92 bits per heavy atom. The van der Waals surface area contributed by atoms with Gasteiger partial charge in [-0.1, -0.05) is 18.2 Å². The first-order valence-electron chi connectivity index (χ1n) is 8.59. The van der Waals surface area contributed by atoms with Crippen molar-refractivity contribution in [1.82, 2.24) is 10.2 Å². The molecule has 0 unspecified atom stereocenters. The van der Waals surface area contributed by atoms with E-state index in [2.05, 4.69) is 5.32 Å². The van der Waals surface area contributed by atoms with Gasteiger partial charge in [0.25, 0.3) is 5.91 Å². The van der Waals surface area contributed by atoms with Gasteiger partial charge in [-0.25, -0.2) is 4.39 Å². The number of benzene rings is 2. The number of rotatable bonds is 5. The number of amides is 1. The molecule has 0 aromatic heterocycles. The van der Waals surface area contributed by atoms with Crippen LogP contribution in [0.25, 0.3) is 0 Å². The summed E-state index contributed by atoms with van der Waals surface area (Å²) in [4.78, 5) is 14.6. The number of carbonyl (C=O) groups is 1. The predicted molar refractivity (Wildman–Crippen MR) is 102 cm³/mol. The number of halogens is 2. The maximum absolute atomic E-state index is 13.2. The molecular weight excluding hydrogens is 355 g/mol. The number of likely N-dealkylation sites (tertiary alicyclic amines) is 1. The van der Waals surface area contributed by atoms with Crippen LogP contribution in [0.2, 0.25) is 0 Å². The van der Waals surface area contributed by atoms with Gasteiger partial charge in [-0.3, -0.25) is 4.79 Å². The second kappa shape index (κ2) is 9.55. The number of nitrogens with zero attached hydrogens (tertiary/aromatic N) is 1. The molecule has 3 rings (SSSR count). The highest BCUT2D eigenvalue weighted by Gasteiger charge is 2.22. The molecular formula is C20H24ClFN2O2. The van der Waals surface area contributed by atoms with Crippen molar-refractivity contribution in [3.63, 3.8) is 0 Å². The molecule has 140 valence electrons. The first-order chi connectivity index (χ1) is 12.2. The summed E-state index contributed by atoms with van der Waals surface area (Å²) < 4.78 is 18.8. The van der Waals surface area contributed by atoms with Crippen LogP contribution in [0.4, 0.5) is 4.39 Å². The van der Waals surface area contributed by atoms with Crippen molar-refractivity contribution in [3.8, 4) is 5.75 Å². The standard InChI is InChI=1S/C20H23FN2O2.ClH/c1-22-18-8-10-23(11-9-18)20(24)16-5-2-4-15(12-16)14-25-19-7-3-6-17(21)13-19;/h2-7,12-13,18,22H,8-11,14H2,1H3;1H. The molecule has 1 saturated heterocycles. The monoisotopic (exact) mass is 378 g/mol. The number of hydrogen-bond acceptors (Lipinski definition) is 3. The third-order valence-electron chi connectivity index (χ3n) is 4.57. The highest BCUT2D eigenvalue weighted by Crippen LogP contribution is 2.17. The fourth-order valence-electron chi connectivity index (χ4n) is 3.07. The molecule has 0 saturated carbocycles. The van der Waals surface area contributed by atoms with Crippen molar-refractivity contribution < 1.29 is 13.9 Å². The van der Waals surface area contributed by atoms with Crippen molar-refractivity contribution >= 4 is 18.3 Å². The second-order valence-electron chi connectivity index (χ2n) is 6.30. The first kappa shape index (κ1) is 20.2. The Hall–Kier alpha value is -2.11. The predicted octanol–water partition coefficient (Wildman–Crippen LogP) is 3.65. The van der Waals surface area contributed by atoms with Gasteiger partial charge in [0.2, 0.25) is 0 Å². The van der Waals surface area contributed by atoms with Crippen molar-refractivity contribution in [2.24, 2.45) is 0 Å². The summed E-state index contributed by atoms with van der Waals surface area (Å²) in [7, 11) is 1.96. The maximum Gasteiger partial charge on any atom is 0.253 e. The third kappa shape index (κ3) is 5.19. The lowest BCUT2D eigenvalue weighted by Gasteiger charge is -2.32. The highest BCUT2D eigenvalue weighted by atomic mass is 35.5. The van der Waals surface area contributed by atoms with E-state index in [0.29, 0.717) is 24.0 Å². The second-order valence-corrected chi connectivity index (χ2v) is 6.30. The van der Waals surface area contributed by atoms with Crippen molar-refractivity contribution in [1.29, 1.82) is 0 Å². The van der Waals surface area contributed by atoms with E-state index in [9.17, 15) is 9.18 Å². The van der Waals surface area contributed by atoms with E-state index in [0.717, 1.165) is 31.5 Å². The molecule has 4 nitrogen and oxygen atoms in total. The molecule has 0 radical (unpaired) electrons. The van der Waals surface area contributed by atoms with Crippen LogP contribution >= 0.6 is 12.4 Å². The topological polar surface area (TPSA) is 41.6 Å². The zero-order chi connectivity index (χ0) is 17.6. The summed E-state index contributed by atoms with van der Waals surface area (Å²) in [6, 6.07) is 14.0. The van der Waals surface area contributed by atoms with Crippen LogP contribution in [-0.4, -0.2) is 37.0 Å². The number of nitrogens with one attached hydrogen (secondary N) is 1. The molecule has 2 aromatic rings. The molecule has 0 atom stereocenters. The van der Waals surface area contributed by atoms with Gasteiger partial charge >= 0.3 is 0 Å². The van der Waals surface area contributed by atoms with Crippen LogP contribution < -0.4 is 10.1 Å². The maximum atomic E-state index is 13.2. The van der Waals surface area contributed by atoms with E-state index in [1.165, 1.54) is 12.1 Å². The fourth-order valence-corrected chi connectivity index (χ4v) is 3.07. The van der Waals surface area contributed by atoms with Gasteiger partial charge in [0.15, 0.2) is 0 Å². The molecule has 1 N–H and O–H groups in total. The van der Waals surface area contributed by atoms with Crippen LogP contribution in [0, 0.1) is 5.82 Å². The summed E-state index contributed by atoms with van der Waals surface area (Å²) in [5.74, 6) is 0.208. The molecule has 1 aliphatic rings. The number of ether oxygens (including phenoxy) is 1. The van der Waals surface area contributed by atoms with E-state index >= 15 is 0 Å². The van der Waals surface area contributed by atoms with E-state index in [4.69, 9.17) is 4.74 Å². The number of piperidine rings is 1. The van der Waals surface area contributed by atoms with Gasteiger partial charge < -0.3 is 15.0 Å². The van der Waals surface area contributed by atoms with Gasteiger partial charge in [-0.15, -0.1) is 12.4 Å². The Morgan fingerprint density at radius 1 is 1.19 bits per heavy atom. The van der Waals surface area contributed by atoms with Crippen LogP contribution in [0.3, 0.4) is 0 Å². The average molecular weight is 379 g/mol. The van der Waals surface area contributed by atoms with Crippen molar-refractivity contribution in [3.05, 3.63) is 65.5 Å². The van der Waals surface area contributed by atoms with Gasteiger partial charge in [0.05, 0.1) is 0 Å². The molecule has 1 heterocycles. The summed E-state index contributed by atoms with van der Waals surface area (Å²) >= 11 is 0. The molecule has 1 aliphatic heterocycles. The number of hydrogen-bond donors (Lipinski definition) is 1. The molecule has 1 amide bonds. The molecule has 1 fully saturated rings. The van der Waals surface area contributed by atoms with E-state index in [1.54, 1.807) is 12.1 Å². The van der Waals surface area contributed by atoms with Crippen LogP contribution in [0.5, 0.6) is 5.75 Å². The van der Waals surface area contributed by atoms with Crippen molar-refractivity contribution in [2.75, 3.05) is 20.1 Å². The Labute approximate surface area is 159 Å². The minimum atomic E-state index is -0.327. The van der Waals surface area contributed by atoms with Crippen LogP contribution in [0.15, 0.2) is 48.5 Å². The Morgan fingerprint density at radius 3 is 2.62 bits per heavy atom. The van der Waals surface area contributed by atoms with Gasteiger partial charge in [-0.05, 0) is 49.7 Å². The van der Waals surface area contributed by atoms with E-state index in [-0.39, 0.29) is 24.1 Å². The molecule has 26 heavy (non-hydrogen) atoms. The Kier molecular flexibility index (Phi) is 7.42. The normalized spacial score (nSPS) is 14.6. The molecule has 0 spiro atoms. The average Bonchev–Trinajstić information content (AvgIpc) is 2.66.